The summed E-state index contributed by atoms with van der Waals surface area (Å²) < 4.78 is 13.5. The van der Waals surface area contributed by atoms with Crippen LogP contribution in [0.5, 0.6) is 0 Å². The van der Waals surface area contributed by atoms with Gasteiger partial charge in [-0.25, -0.2) is 4.39 Å². The van der Waals surface area contributed by atoms with Gasteiger partial charge in [-0.05, 0) is 43.0 Å². The van der Waals surface area contributed by atoms with Gasteiger partial charge in [0.25, 0.3) is 0 Å². The molecule has 0 saturated carbocycles. The van der Waals surface area contributed by atoms with Crippen molar-refractivity contribution >= 4 is 5.97 Å². The fourth-order valence-electron chi connectivity index (χ4n) is 1.48. The molecule has 0 radical (unpaired) electrons. The molecule has 0 spiro atoms. The van der Waals surface area contributed by atoms with Crippen molar-refractivity contribution < 1.29 is 14.3 Å². The van der Waals surface area contributed by atoms with Crippen molar-refractivity contribution in [3.05, 3.63) is 34.6 Å². The van der Waals surface area contributed by atoms with Gasteiger partial charge in [0, 0.05) is 0 Å². The van der Waals surface area contributed by atoms with Crippen LogP contribution in [0.1, 0.15) is 23.6 Å². The van der Waals surface area contributed by atoms with E-state index in [0.29, 0.717) is 5.56 Å². The Morgan fingerprint density at radius 3 is 2.60 bits per heavy atom. The molecule has 1 N–H and O–H groups in total. The molecule has 0 amide bonds. The number of halogens is 1. The van der Waals surface area contributed by atoms with Crippen LogP contribution in [0.4, 0.5) is 4.39 Å². The van der Waals surface area contributed by atoms with E-state index in [0.717, 1.165) is 11.1 Å². The van der Waals surface area contributed by atoms with E-state index in [1.807, 2.05) is 13.8 Å². The SMILES string of the molecule is Cc1ccc(F)c(CC(C)C(=O)O)c1C. The standard InChI is InChI=1S/C12H15FO2/c1-7-4-5-11(13)10(9(7)3)6-8(2)12(14)15/h4-5,8H,6H2,1-3H3,(H,14,15). The molecule has 1 atom stereocenters. The molecule has 1 rings (SSSR count). The molecule has 1 aromatic rings. The number of carboxylic acid groups (broad SMARTS) is 1. The highest BCUT2D eigenvalue weighted by Crippen LogP contribution is 2.20. The van der Waals surface area contributed by atoms with E-state index < -0.39 is 11.9 Å². The van der Waals surface area contributed by atoms with Gasteiger partial charge in [-0.2, -0.15) is 0 Å². The number of hydrogen-bond acceptors (Lipinski definition) is 1. The lowest BCUT2D eigenvalue weighted by molar-refractivity contribution is -0.141. The summed E-state index contributed by atoms with van der Waals surface area (Å²) in [5.74, 6) is -1.76. The first-order valence-electron chi connectivity index (χ1n) is 4.91. The lowest BCUT2D eigenvalue weighted by atomic mass is 9.94. The third-order valence-corrected chi connectivity index (χ3v) is 2.74. The normalized spacial score (nSPS) is 12.5. The van der Waals surface area contributed by atoms with Gasteiger partial charge in [-0.15, -0.1) is 0 Å². The molecule has 82 valence electrons. The zero-order valence-electron chi connectivity index (χ0n) is 9.17. The molecule has 2 nitrogen and oxygen atoms in total. The molecule has 0 fully saturated rings. The van der Waals surface area contributed by atoms with Crippen molar-refractivity contribution in [2.24, 2.45) is 5.92 Å². The number of hydrogen-bond donors (Lipinski definition) is 1. The van der Waals surface area contributed by atoms with Gasteiger partial charge in [0.1, 0.15) is 5.82 Å². The van der Waals surface area contributed by atoms with E-state index in [1.165, 1.54) is 6.07 Å². The molecule has 15 heavy (non-hydrogen) atoms. The van der Waals surface area contributed by atoms with Gasteiger partial charge in [-0.3, -0.25) is 4.79 Å². The second-order valence-corrected chi connectivity index (χ2v) is 3.91. The number of carbonyl (C=O) groups is 1. The Bertz CT molecular complexity index is 385. The van der Waals surface area contributed by atoms with Crippen LogP contribution in [-0.4, -0.2) is 11.1 Å². The Hall–Kier alpha value is -1.38. The topological polar surface area (TPSA) is 37.3 Å². The van der Waals surface area contributed by atoms with Crippen molar-refractivity contribution in [3.63, 3.8) is 0 Å². The van der Waals surface area contributed by atoms with Crippen molar-refractivity contribution in [2.45, 2.75) is 27.2 Å². The number of carboxylic acids is 1. The lowest BCUT2D eigenvalue weighted by Gasteiger charge is -2.12. The predicted octanol–water partition coefficient (Wildman–Crippen LogP) is 2.71. The predicted molar refractivity (Wildman–Crippen MR) is 56.4 cm³/mol. The Morgan fingerprint density at radius 2 is 2.07 bits per heavy atom. The number of aryl methyl sites for hydroxylation is 1. The monoisotopic (exact) mass is 210 g/mol. The molecule has 1 unspecified atom stereocenters. The maximum atomic E-state index is 13.5. The minimum atomic E-state index is -0.893. The van der Waals surface area contributed by atoms with Crippen molar-refractivity contribution in [2.75, 3.05) is 0 Å². The summed E-state index contributed by atoms with van der Waals surface area (Å²) in [5.41, 5.74) is 2.36. The van der Waals surface area contributed by atoms with Crippen LogP contribution >= 0.6 is 0 Å². The molecule has 3 heteroatoms. The van der Waals surface area contributed by atoms with Gasteiger partial charge in [0.05, 0.1) is 5.92 Å². The molecule has 0 saturated heterocycles. The van der Waals surface area contributed by atoms with Gasteiger partial charge in [0.2, 0.25) is 0 Å². The fourth-order valence-corrected chi connectivity index (χ4v) is 1.48. The van der Waals surface area contributed by atoms with Crippen LogP contribution in [0.3, 0.4) is 0 Å². The van der Waals surface area contributed by atoms with Crippen molar-refractivity contribution in [1.29, 1.82) is 0 Å². The zero-order valence-corrected chi connectivity index (χ0v) is 9.17. The van der Waals surface area contributed by atoms with Crippen LogP contribution < -0.4 is 0 Å². The third kappa shape index (κ3) is 2.55. The second-order valence-electron chi connectivity index (χ2n) is 3.91. The lowest BCUT2D eigenvalue weighted by Crippen LogP contribution is -2.14. The summed E-state index contributed by atoms with van der Waals surface area (Å²) in [5, 5.41) is 8.77. The summed E-state index contributed by atoms with van der Waals surface area (Å²) in [7, 11) is 0. The smallest absolute Gasteiger partial charge is 0.306 e. The van der Waals surface area contributed by atoms with Crippen molar-refractivity contribution in [1.82, 2.24) is 0 Å². The molecule has 0 aliphatic heterocycles. The van der Waals surface area contributed by atoms with Gasteiger partial charge in [-0.1, -0.05) is 13.0 Å². The Kier molecular flexibility index (Phi) is 3.45. The average Bonchev–Trinajstić information content (AvgIpc) is 2.18. The average molecular weight is 210 g/mol. The van der Waals surface area contributed by atoms with E-state index in [2.05, 4.69) is 0 Å². The van der Waals surface area contributed by atoms with Gasteiger partial charge < -0.3 is 5.11 Å². The molecule has 0 aromatic heterocycles. The molecule has 1 aromatic carbocycles. The van der Waals surface area contributed by atoms with E-state index >= 15 is 0 Å². The van der Waals surface area contributed by atoms with Crippen LogP contribution in [0.25, 0.3) is 0 Å². The zero-order chi connectivity index (χ0) is 11.6. The summed E-state index contributed by atoms with van der Waals surface area (Å²) in [4.78, 5) is 10.7. The maximum Gasteiger partial charge on any atom is 0.306 e. The molecule has 0 aliphatic rings. The van der Waals surface area contributed by atoms with Crippen LogP contribution in [-0.2, 0) is 11.2 Å². The van der Waals surface area contributed by atoms with Crippen LogP contribution in [0.15, 0.2) is 12.1 Å². The van der Waals surface area contributed by atoms with E-state index in [1.54, 1.807) is 13.0 Å². The largest absolute Gasteiger partial charge is 0.481 e. The van der Waals surface area contributed by atoms with E-state index in [4.69, 9.17) is 5.11 Å². The molecule has 0 bridgehead atoms. The molecular weight excluding hydrogens is 195 g/mol. The highest BCUT2D eigenvalue weighted by atomic mass is 19.1. The summed E-state index contributed by atoms with van der Waals surface area (Å²) >= 11 is 0. The summed E-state index contributed by atoms with van der Waals surface area (Å²) in [6.07, 6.45) is 0.245. The summed E-state index contributed by atoms with van der Waals surface area (Å²) in [6, 6.07) is 3.10. The number of benzene rings is 1. The maximum absolute atomic E-state index is 13.5. The highest BCUT2D eigenvalue weighted by molar-refractivity contribution is 5.70. The Labute approximate surface area is 88.7 Å². The minimum absolute atomic E-state index is 0.245. The molecule has 0 heterocycles. The molecule has 0 aliphatic carbocycles. The van der Waals surface area contributed by atoms with E-state index in [9.17, 15) is 9.18 Å². The third-order valence-electron chi connectivity index (χ3n) is 2.74. The van der Waals surface area contributed by atoms with Crippen molar-refractivity contribution in [3.8, 4) is 0 Å². The number of aliphatic carboxylic acids is 1. The number of rotatable bonds is 3. The first-order chi connectivity index (χ1) is 6.93. The highest BCUT2D eigenvalue weighted by Gasteiger charge is 2.16. The van der Waals surface area contributed by atoms with Gasteiger partial charge in [0.15, 0.2) is 0 Å². The first kappa shape index (κ1) is 11.7. The Balaban J connectivity index is 3.03. The first-order valence-corrected chi connectivity index (χ1v) is 4.91. The minimum Gasteiger partial charge on any atom is -0.481 e. The Morgan fingerprint density at radius 1 is 1.47 bits per heavy atom. The second kappa shape index (κ2) is 4.43. The van der Waals surface area contributed by atoms with Crippen LogP contribution in [0, 0.1) is 25.6 Å². The van der Waals surface area contributed by atoms with Gasteiger partial charge >= 0.3 is 5.97 Å². The van der Waals surface area contributed by atoms with Crippen LogP contribution in [0.2, 0.25) is 0 Å². The van der Waals surface area contributed by atoms with E-state index in [-0.39, 0.29) is 12.2 Å². The molecular formula is C12H15FO2. The quantitative estimate of drug-likeness (QED) is 0.832. The summed E-state index contributed by atoms with van der Waals surface area (Å²) in [6.45, 7) is 5.30. The fraction of sp³-hybridized carbons (Fsp3) is 0.417.